The molecule has 0 bridgehead atoms. The lowest BCUT2D eigenvalue weighted by atomic mass is 9.93. The highest BCUT2D eigenvalue weighted by molar-refractivity contribution is 6.03. The maximum Gasteiger partial charge on any atom is 0.325 e. The number of esters is 1. The average molecular weight is 410 g/mol. The molecule has 1 aliphatic rings. The number of nitrogens with zero attached hydrogens (tertiary/aromatic N) is 2. The number of aromatic nitrogens is 1. The molecule has 5 rings (SSSR count). The number of carbonyl (C=O) groups excluding carboxylic acids is 2. The van der Waals surface area contributed by atoms with E-state index >= 15 is 0 Å². The molecule has 0 fully saturated rings. The maximum atomic E-state index is 13.3. The summed E-state index contributed by atoms with van der Waals surface area (Å²) in [5.74, 6) is -0.592. The lowest BCUT2D eigenvalue weighted by Gasteiger charge is -2.26. The molecule has 0 radical (unpaired) electrons. The molecular weight excluding hydrogens is 388 g/mol. The lowest BCUT2D eigenvalue weighted by molar-refractivity contribution is -0.141. The van der Waals surface area contributed by atoms with Gasteiger partial charge in [0.1, 0.15) is 6.54 Å². The van der Waals surface area contributed by atoms with Crippen molar-refractivity contribution in [1.82, 2.24) is 9.47 Å². The third-order valence-electron chi connectivity index (χ3n) is 6.05. The van der Waals surface area contributed by atoms with Crippen LogP contribution in [0.3, 0.4) is 0 Å². The Hall–Kier alpha value is -3.86. The minimum absolute atomic E-state index is 0.105. The first-order valence-corrected chi connectivity index (χ1v) is 10.2. The summed E-state index contributed by atoms with van der Waals surface area (Å²) in [6.07, 6.45) is 0. The Bertz CT molecular complexity index is 1310. The Kier molecular flexibility index (Phi) is 4.59. The predicted molar refractivity (Wildman–Crippen MR) is 120 cm³/mol. The van der Waals surface area contributed by atoms with Crippen LogP contribution in [0.2, 0.25) is 0 Å². The van der Waals surface area contributed by atoms with Gasteiger partial charge in [0.25, 0.3) is 5.91 Å². The van der Waals surface area contributed by atoms with Crippen LogP contribution in [0.25, 0.3) is 22.2 Å². The van der Waals surface area contributed by atoms with Crippen LogP contribution in [-0.2, 0) is 16.6 Å². The summed E-state index contributed by atoms with van der Waals surface area (Å²) >= 11 is 0. The van der Waals surface area contributed by atoms with E-state index in [-0.39, 0.29) is 18.5 Å². The van der Waals surface area contributed by atoms with Crippen LogP contribution < -0.4 is 0 Å². The van der Waals surface area contributed by atoms with Gasteiger partial charge in [0.15, 0.2) is 0 Å². The Morgan fingerprint density at radius 1 is 0.935 bits per heavy atom. The second-order valence-electron chi connectivity index (χ2n) is 7.70. The minimum Gasteiger partial charge on any atom is -0.468 e. The first-order valence-electron chi connectivity index (χ1n) is 10.2. The van der Waals surface area contributed by atoms with Gasteiger partial charge in [-0.2, -0.15) is 0 Å². The fraction of sp³-hybridized carbons (Fsp3) is 0.154. The number of para-hydroxylation sites is 1. The van der Waals surface area contributed by atoms with Crippen LogP contribution >= 0.6 is 0 Å². The smallest absolute Gasteiger partial charge is 0.325 e. The van der Waals surface area contributed by atoms with Gasteiger partial charge in [-0.3, -0.25) is 9.59 Å². The van der Waals surface area contributed by atoms with Crippen molar-refractivity contribution >= 4 is 22.8 Å². The molecule has 0 spiro atoms. The number of hydrogen-bond acceptors (Lipinski definition) is 3. The highest BCUT2D eigenvalue weighted by Gasteiger charge is 2.41. The van der Waals surface area contributed by atoms with Crippen LogP contribution in [0.5, 0.6) is 0 Å². The molecule has 4 aromatic rings. The molecule has 0 N–H and O–H groups in total. The van der Waals surface area contributed by atoms with E-state index in [0.29, 0.717) is 5.56 Å². The summed E-state index contributed by atoms with van der Waals surface area (Å²) in [5.41, 5.74) is 5.73. The third-order valence-corrected chi connectivity index (χ3v) is 6.05. The average Bonchev–Trinajstić information content (AvgIpc) is 3.25. The van der Waals surface area contributed by atoms with E-state index in [9.17, 15) is 9.59 Å². The largest absolute Gasteiger partial charge is 0.468 e. The number of ether oxygens (including phenoxy) is 1. The lowest BCUT2D eigenvalue weighted by Crippen LogP contribution is -2.34. The van der Waals surface area contributed by atoms with Crippen molar-refractivity contribution in [3.05, 3.63) is 95.6 Å². The van der Waals surface area contributed by atoms with Crippen molar-refractivity contribution in [2.45, 2.75) is 6.04 Å². The van der Waals surface area contributed by atoms with Crippen molar-refractivity contribution in [3.8, 4) is 11.3 Å². The summed E-state index contributed by atoms with van der Waals surface area (Å²) in [6.45, 7) is -0.105. The summed E-state index contributed by atoms with van der Waals surface area (Å²) in [6, 6.07) is 25.6. The van der Waals surface area contributed by atoms with Crippen molar-refractivity contribution in [2.75, 3.05) is 13.7 Å². The number of rotatable bonds is 4. The summed E-state index contributed by atoms with van der Waals surface area (Å²) in [7, 11) is 3.39. The Morgan fingerprint density at radius 3 is 2.39 bits per heavy atom. The Balaban J connectivity index is 1.83. The monoisotopic (exact) mass is 410 g/mol. The fourth-order valence-corrected chi connectivity index (χ4v) is 4.69. The zero-order valence-electron chi connectivity index (χ0n) is 17.4. The molecular formula is C26H22N2O3. The van der Waals surface area contributed by atoms with Crippen LogP contribution in [0.4, 0.5) is 0 Å². The maximum absolute atomic E-state index is 13.3. The van der Waals surface area contributed by atoms with E-state index in [1.165, 1.54) is 7.11 Å². The predicted octanol–water partition coefficient (Wildman–Crippen LogP) is 4.56. The number of hydrogen-bond donors (Lipinski definition) is 0. The van der Waals surface area contributed by atoms with E-state index in [1.807, 2.05) is 61.6 Å². The number of carbonyl (C=O) groups is 2. The Labute approximate surface area is 180 Å². The van der Waals surface area contributed by atoms with Gasteiger partial charge in [0.05, 0.1) is 18.8 Å². The molecule has 1 aliphatic heterocycles. The SMILES string of the molecule is COC(=O)CN1C(=O)c2ccccc2[C@H]1c1c(-c2ccccc2)n(C)c2ccccc12. The number of benzene rings is 3. The molecule has 2 heterocycles. The first kappa shape index (κ1) is 19.1. The van der Waals surface area contributed by atoms with E-state index in [0.717, 1.165) is 33.3 Å². The van der Waals surface area contributed by atoms with Gasteiger partial charge < -0.3 is 14.2 Å². The summed E-state index contributed by atoms with van der Waals surface area (Å²) < 4.78 is 7.08. The zero-order valence-corrected chi connectivity index (χ0v) is 17.4. The first-order chi connectivity index (χ1) is 15.1. The molecule has 5 nitrogen and oxygen atoms in total. The number of amides is 1. The molecule has 1 aromatic heterocycles. The summed E-state index contributed by atoms with van der Waals surface area (Å²) in [4.78, 5) is 27.2. The molecule has 31 heavy (non-hydrogen) atoms. The van der Waals surface area contributed by atoms with Gasteiger partial charge in [0, 0.05) is 29.1 Å². The van der Waals surface area contributed by atoms with Crippen LogP contribution in [-0.4, -0.2) is 35.0 Å². The number of aryl methyl sites for hydroxylation is 1. The molecule has 0 saturated heterocycles. The molecule has 0 aliphatic carbocycles. The van der Waals surface area contributed by atoms with Crippen molar-refractivity contribution in [1.29, 1.82) is 0 Å². The van der Waals surface area contributed by atoms with Crippen LogP contribution in [0, 0.1) is 0 Å². The molecule has 3 aromatic carbocycles. The van der Waals surface area contributed by atoms with Gasteiger partial charge in [-0.25, -0.2) is 0 Å². The molecule has 1 atom stereocenters. The molecule has 154 valence electrons. The van der Waals surface area contributed by atoms with E-state index in [1.54, 1.807) is 4.90 Å². The highest BCUT2D eigenvalue weighted by Crippen LogP contribution is 2.46. The van der Waals surface area contributed by atoms with Gasteiger partial charge >= 0.3 is 5.97 Å². The van der Waals surface area contributed by atoms with E-state index < -0.39 is 5.97 Å². The van der Waals surface area contributed by atoms with Gasteiger partial charge in [-0.15, -0.1) is 0 Å². The van der Waals surface area contributed by atoms with Gasteiger partial charge in [0.2, 0.25) is 0 Å². The quantitative estimate of drug-likeness (QED) is 0.464. The van der Waals surface area contributed by atoms with Crippen LogP contribution in [0.15, 0.2) is 78.9 Å². The van der Waals surface area contributed by atoms with Crippen LogP contribution in [0.1, 0.15) is 27.5 Å². The Morgan fingerprint density at radius 2 is 1.61 bits per heavy atom. The zero-order chi connectivity index (χ0) is 21.5. The van der Waals surface area contributed by atoms with Gasteiger partial charge in [-0.05, 0) is 23.3 Å². The fourth-order valence-electron chi connectivity index (χ4n) is 4.69. The van der Waals surface area contributed by atoms with Gasteiger partial charge in [-0.1, -0.05) is 66.7 Å². The molecule has 1 amide bonds. The number of fused-ring (bicyclic) bond motifs is 2. The van der Waals surface area contributed by atoms with Crippen molar-refractivity contribution < 1.29 is 14.3 Å². The van der Waals surface area contributed by atoms with Crippen molar-refractivity contribution in [3.63, 3.8) is 0 Å². The molecule has 5 heteroatoms. The molecule has 0 unspecified atom stereocenters. The second-order valence-corrected chi connectivity index (χ2v) is 7.70. The van der Waals surface area contributed by atoms with E-state index in [2.05, 4.69) is 28.8 Å². The van der Waals surface area contributed by atoms with E-state index in [4.69, 9.17) is 4.74 Å². The topological polar surface area (TPSA) is 51.5 Å². The standard InChI is InChI=1S/C26H22N2O3/c1-27-21-15-9-8-14-20(21)23(24(27)17-10-4-3-5-11-17)25-18-12-6-7-13-19(18)26(30)28(25)16-22(29)31-2/h3-15,25H,16H2,1-2H3/t25-/m0/s1. The normalized spacial score (nSPS) is 15.4. The number of methoxy groups -OCH3 is 1. The molecule has 0 saturated carbocycles. The minimum atomic E-state index is -0.437. The highest BCUT2D eigenvalue weighted by atomic mass is 16.5. The summed E-state index contributed by atoms with van der Waals surface area (Å²) in [5, 5.41) is 1.06. The third kappa shape index (κ3) is 2.93. The second kappa shape index (κ2) is 7.43. The van der Waals surface area contributed by atoms with Crippen molar-refractivity contribution in [2.24, 2.45) is 7.05 Å².